The van der Waals surface area contributed by atoms with Crippen molar-refractivity contribution in [2.45, 2.75) is 57.3 Å². The van der Waals surface area contributed by atoms with Gasteiger partial charge in [0.15, 0.2) is 5.65 Å². The van der Waals surface area contributed by atoms with Crippen LogP contribution in [0.15, 0.2) is 12.3 Å². The predicted molar refractivity (Wildman–Crippen MR) is 103 cm³/mol. The molecule has 1 amide bonds. The van der Waals surface area contributed by atoms with E-state index < -0.39 is 0 Å². The molecule has 2 heterocycles. The minimum absolute atomic E-state index is 0.0630. The van der Waals surface area contributed by atoms with Gasteiger partial charge in [0.2, 0.25) is 0 Å². The molecule has 0 atom stereocenters. The zero-order valence-corrected chi connectivity index (χ0v) is 16.1. The topological polar surface area (TPSA) is 59.8 Å². The van der Waals surface area contributed by atoms with Crippen LogP contribution in [0.2, 0.25) is 0 Å². The van der Waals surface area contributed by atoms with Gasteiger partial charge >= 0.3 is 0 Å². The van der Waals surface area contributed by atoms with E-state index >= 15 is 0 Å². The Hall–Kier alpha value is -1.91. The molecule has 0 unspecified atom stereocenters. The Morgan fingerprint density at radius 1 is 1.19 bits per heavy atom. The van der Waals surface area contributed by atoms with Crippen LogP contribution >= 0.6 is 0 Å². The maximum absolute atomic E-state index is 13.2. The summed E-state index contributed by atoms with van der Waals surface area (Å²) in [5, 5.41) is 8.57. The molecule has 5 aliphatic carbocycles. The average molecular weight is 364 g/mol. The van der Waals surface area contributed by atoms with Gasteiger partial charge in [0, 0.05) is 25.2 Å². The van der Waals surface area contributed by atoms with Crippen molar-refractivity contribution < 1.29 is 4.79 Å². The SMILES string of the molecule is Cn1ncc2c(C(=O)NCC34CC5CC(CC(C5)C3)C4)cc(C3CC3)nc21. The second-order valence-corrected chi connectivity index (χ2v) is 9.97. The Morgan fingerprint density at radius 3 is 2.48 bits per heavy atom. The molecule has 0 saturated heterocycles. The van der Waals surface area contributed by atoms with Gasteiger partial charge < -0.3 is 5.32 Å². The highest BCUT2D eigenvalue weighted by molar-refractivity contribution is 6.05. The molecule has 5 nitrogen and oxygen atoms in total. The van der Waals surface area contributed by atoms with Gasteiger partial charge in [-0.1, -0.05) is 0 Å². The zero-order chi connectivity index (χ0) is 18.2. The second kappa shape index (κ2) is 5.55. The average Bonchev–Trinajstić information content (AvgIpc) is 3.42. The highest BCUT2D eigenvalue weighted by Gasteiger charge is 2.50. The number of aryl methyl sites for hydroxylation is 1. The number of amides is 1. The van der Waals surface area contributed by atoms with E-state index in [4.69, 9.17) is 4.98 Å². The minimum Gasteiger partial charge on any atom is -0.351 e. The summed E-state index contributed by atoms with van der Waals surface area (Å²) in [7, 11) is 1.91. The first-order chi connectivity index (χ1) is 13.1. The molecule has 2 aromatic rings. The molecule has 0 aromatic carbocycles. The number of nitrogens with zero attached hydrogens (tertiary/aromatic N) is 3. The molecule has 4 bridgehead atoms. The first-order valence-electron chi connectivity index (χ1n) is 10.7. The largest absolute Gasteiger partial charge is 0.351 e. The number of hydrogen-bond acceptors (Lipinski definition) is 3. The van der Waals surface area contributed by atoms with Crippen molar-refractivity contribution >= 4 is 16.9 Å². The van der Waals surface area contributed by atoms with Crippen LogP contribution in [0.1, 0.15) is 73.3 Å². The first kappa shape index (κ1) is 16.1. The molecule has 5 saturated carbocycles. The molecule has 0 radical (unpaired) electrons. The molecular formula is C22H28N4O. The third-order valence-electron chi connectivity index (χ3n) is 7.75. The number of aromatic nitrogens is 3. The predicted octanol–water partition coefficient (Wildman–Crippen LogP) is 3.79. The molecular weight excluding hydrogens is 336 g/mol. The molecule has 2 aromatic heterocycles. The summed E-state index contributed by atoms with van der Waals surface area (Å²) in [6.07, 6.45) is 12.5. The van der Waals surface area contributed by atoms with Crippen molar-refractivity contribution in [3.8, 4) is 0 Å². The van der Waals surface area contributed by atoms with Crippen LogP contribution in [-0.2, 0) is 7.05 Å². The molecule has 0 aliphatic heterocycles. The fourth-order valence-electron chi connectivity index (χ4n) is 6.78. The fourth-order valence-corrected chi connectivity index (χ4v) is 6.78. The van der Waals surface area contributed by atoms with Crippen LogP contribution < -0.4 is 5.32 Å². The highest BCUT2D eigenvalue weighted by atomic mass is 16.1. The lowest BCUT2D eigenvalue weighted by Gasteiger charge is -2.56. The Labute approximate surface area is 159 Å². The summed E-state index contributed by atoms with van der Waals surface area (Å²) < 4.78 is 1.79. The first-order valence-corrected chi connectivity index (χ1v) is 10.7. The third-order valence-corrected chi connectivity index (χ3v) is 7.75. The van der Waals surface area contributed by atoms with Crippen molar-refractivity contribution in [2.75, 3.05) is 6.54 Å². The van der Waals surface area contributed by atoms with Crippen LogP contribution in [0.4, 0.5) is 0 Å². The van der Waals surface area contributed by atoms with Crippen molar-refractivity contribution in [3.05, 3.63) is 23.5 Å². The van der Waals surface area contributed by atoms with Gasteiger partial charge in [0.05, 0.1) is 17.1 Å². The van der Waals surface area contributed by atoms with Gasteiger partial charge in [0.25, 0.3) is 5.91 Å². The fraction of sp³-hybridized carbons (Fsp3) is 0.682. The van der Waals surface area contributed by atoms with Crippen molar-refractivity contribution in [3.63, 3.8) is 0 Å². The number of pyridine rings is 1. The maximum atomic E-state index is 13.2. The zero-order valence-electron chi connectivity index (χ0n) is 16.1. The monoisotopic (exact) mass is 364 g/mol. The summed E-state index contributed by atoms with van der Waals surface area (Å²) in [6.45, 7) is 0.845. The molecule has 27 heavy (non-hydrogen) atoms. The van der Waals surface area contributed by atoms with E-state index in [2.05, 4.69) is 10.4 Å². The van der Waals surface area contributed by atoms with E-state index in [0.29, 0.717) is 11.3 Å². The number of carbonyl (C=O) groups is 1. The number of nitrogens with one attached hydrogen (secondary N) is 1. The molecule has 0 spiro atoms. The van der Waals surface area contributed by atoms with E-state index in [0.717, 1.165) is 46.6 Å². The smallest absolute Gasteiger partial charge is 0.252 e. The highest BCUT2D eigenvalue weighted by Crippen LogP contribution is 2.59. The third kappa shape index (κ3) is 2.61. The standard InChI is InChI=1S/C22H28N4O/c1-26-20-18(11-24-26)17(7-19(25-20)16-2-3-16)21(27)23-12-22-8-13-4-14(9-22)6-15(5-13)10-22/h7,11,13-16H,2-6,8-10,12H2,1H3,(H,23,27). The van der Waals surface area contributed by atoms with Crippen molar-refractivity contribution in [1.29, 1.82) is 0 Å². The number of fused-ring (bicyclic) bond motifs is 1. The van der Waals surface area contributed by atoms with Gasteiger partial charge in [-0.25, -0.2) is 4.98 Å². The number of hydrogen-bond donors (Lipinski definition) is 1. The van der Waals surface area contributed by atoms with Crippen molar-refractivity contribution in [1.82, 2.24) is 20.1 Å². The van der Waals surface area contributed by atoms with Gasteiger partial charge in [-0.2, -0.15) is 5.10 Å². The molecule has 7 rings (SSSR count). The molecule has 142 valence electrons. The van der Waals surface area contributed by atoms with E-state index in [9.17, 15) is 4.79 Å². The van der Waals surface area contributed by atoms with Gasteiger partial charge in [-0.3, -0.25) is 9.48 Å². The minimum atomic E-state index is 0.0630. The van der Waals surface area contributed by atoms with Crippen LogP contribution in [0.5, 0.6) is 0 Å². The van der Waals surface area contributed by atoms with E-state index in [-0.39, 0.29) is 5.91 Å². The summed E-state index contributed by atoms with van der Waals surface area (Å²) in [5.74, 6) is 3.34. The molecule has 5 fully saturated rings. The van der Waals surface area contributed by atoms with Gasteiger partial charge in [0.1, 0.15) is 0 Å². The second-order valence-electron chi connectivity index (χ2n) is 9.97. The Bertz CT molecular complexity index is 890. The summed E-state index contributed by atoms with van der Waals surface area (Å²) in [5.41, 5.74) is 3.02. The molecule has 1 N–H and O–H groups in total. The lowest BCUT2D eigenvalue weighted by Crippen LogP contribution is -2.51. The summed E-state index contributed by atoms with van der Waals surface area (Å²) >= 11 is 0. The normalized spacial score (nSPS) is 34.3. The lowest BCUT2D eigenvalue weighted by molar-refractivity contribution is -0.0503. The van der Waals surface area contributed by atoms with Gasteiger partial charge in [-0.05, 0) is 80.6 Å². The number of rotatable bonds is 4. The number of carbonyl (C=O) groups excluding carboxylic acids is 1. The summed E-state index contributed by atoms with van der Waals surface area (Å²) in [6, 6.07) is 2.02. The van der Waals surface area contributed by atoms with Crippen LogP contribution in [-0.4, -0.2) is 27.2 Å². The Balaban J connectivity index is 1.27. The van der Waals surface area contributed by atoms with Gasteiger partial charge in [-0.15, -0.1) is 0 Å². The van der Waals surface area contributed by atoms with Crippen LogP contribution in [0.25, 0.3) is 11.0 Å². The maximum Gasteiger partial charge on any atom is 0.252 e. The van der Waals surface area contributed by atoms with Crippen LogP contribution in [0.3, 0.4) is 0 Å². The Morgan fingerprint density at radius 2 is 1.85 bits per heavy atom. The quantitative estimate of drug-likeness (QED) is 0.898. The molecule has 5 aliphatic rings. The van der Waals surface area contributed by atoms with Crippen LogP contribution in [0, 0.1) is 23.2 Å². The summed E-state index contributed by atoms with van der Waals surface area (Å²) in [4.78, 5) is 18.0. The Kier molecular flexibility index (Phi) is 3.31. The van der Waals surface area contributed by atoms with Crippen molar-refractivity contribution in [2.24, 2.45) is 30.2 Å². The lowest BCUT2D eigenvalue weighted by atomic mass is 9.49. The van der Waals surface area contributed by atoms with E-state index in [1.165, 1.54) is 51.4 Å². The van der Waals surface area contributed by atoms with E-state index in [1.807, 2.05) is 13.1 Å². The molecule has 5 heteroatoms. The van der Waals surface area contributed by atoms with E-state index in [1.54, 1.807) is 10.9 Å².